The Hall–Kier alpha value is -0.860. The first-order valence-corrected chi connectivity index (χ1v) is 7.59. The summed E-state index contributed by atoms with van der Waals surface area (Å²) in [4.78, 5) is 0. The fraction of sp³-hybridized carbons (Fsp3) is 0.647. The molecule has 0 amide bonds. The van der Waals surface area contributed by atoms with Gasteiger partial charge < -0.3 is 10.1 Å². The van der Waals surface area contributed by atoms with Crippen LogP contribution in [0.3, 0.4) is 0 Å². The molecule has 0 radical (unpaired) electrons. The molecule has 0 saturated carbocycles. The molecule has 19 heavy (non-hydrogen) atoms. The quantitative estimate of drug-likeness (QED) is 0.758. The van der Waals surface area contributed by atoms with Crippen molar-refractivity contribution in [3.05, 3.63) is 35.4 Å². The Morgan fingerprint density at radius 1 is 1.37 bits per heavy atom. The van der Waals surface area contributed by atoms with E-state index in [0.717, 1.165) is 18.9 Å². The first kappa shape index (κ1) is 14.5. The third-order valence-corrected chi connectivity index (χ3v) is 4.37. The predicted octanol–water partition coefficient (Wildman–Crippen LogP) is 3.51. The van der Waals surface area contributed by atoms with Gasteiger partial charge in [-0.05, 0) is 62.6 Å². The molecule has 0 fully saturated rings. The number of ether oxygens (including phenoxy) is 1. The van der Waals surface area contributed by atoms with Gasteiger partial charge >= 0.3 is 0 Å². The van der Waals surface area contributed by atoms with E-state index >= 15 is 0 Å². The second kappa shape index (κ2) is 7.66. The smallest absolute Gasteiger partial charge is 0.0462 e. The van der Waals surface area contributed by atoms with Crippen molar-refractivity contribution >= 4 is 0 Å². The number of methoxy groups -OCH3 is 1. The fourth-order valence-electron chi connectivity index (χ4n) is 3.30. The molecule has 0 aliphatic heterocycles. The lowest BCUT2D eigenvalue weighted by Gasteiger charge is -2.29. The normalized spacial score (nSPS) is 20.0. The molecule has 1 aromatic carbocycles. The molecule has 0 spiro atoms. The SMILES string of the molecule is CNC(CCCOC)CC1CCCc2ccccc21. The molecule has 0 bridgehead atoms. The van der Waals surface area contributed by atoms with Gasteiger partial charge in [-0.15, -0.1) is 0 Å². The summed E-state index contributed by atoms with van der Waals surface area (Å²) in [6, 6.07) is 9.62. The topological polar surface area (TPSA) is 21.3 Å². The Kier molecular flexibility index (Phi) is 5.87. The third-order valence-electron chi connectivity index (χ3n) is 4.37. The van der Waals surface area contributed by atoms with E-state index in [4.69, 9.17) is 4.74 Å². The lowest BCUT2D eigenvalue weighted by Crippen LogP contribution is -2.28. The van der Waals surface area contributed by atoms with Crippen molar-refractivity contribution < 1.29 is 4.74 Å². The van der Waals surface area contributed by atoms with Crippen LogP contribution in [0.4, 0.5) is 0 Å². The highest BCUT2D eigenvalue weighted by atomic mass is 16.5. The van der Waals surface area contributed by atoms with Gasteiger partial charge in [-0.3, -0.25) is 0 Å². The Balaban J connectivity index is 1.94. The molecule has 106 valence electrons. The van der Waals surface area contributed by atoms with Crippen LogP contribution in [0.2, 0.25) is 0 Å². The van der Waals surface area contributed by atoms with Crippen molar-refractivity contribution in [2.75, 3.05) is 20.8 Å². The fourth-order valence-corrected chi connectivity index (χ4v) is 3.30. The van der Waals surface area contributed by atoms with Crippen LogP contribution in [-0.2, 0) is 11.2 Å². The molecule has 0 aromatic heterocycles. The lowest BCUT2D eigenvalue weighted by atomic mass is 9.79. The molecule has 0 saturated heterocycles. The zero-order valence-corrected chi connectivity index (χ0v) is 12.3. The van der Waals surface area contributed by atoms with Crippen LogP contribution in [0, 0.1) is 0 Å². The zero-order valence-electron chi connectivity index (χ0n) is 12.3. The second-order valence-electron chi connectivity index (χ2n) is 5.64. The van der Waals surface area contributed by atoms with Gasteiger partial charge in [0.2, 0.25) is 0 Å². The van der Waals surface area contributed by atoms with Crippen LogP contribution in [0.5, 0.6) is 0 Å². The molecular weight excluding hydrogens is 234 g/mol. The molecular formula is C17H27NO. The van der Waals surface area contributed by atoms with E-state index in [-0.39, 0.29) is 0 Å². The van der Waals surface area contributed by atoms with Gasteiger partial charge in [-0.25, -0.2) is 0 Å². The number of nitrogens with one attached hydrogen (secondary N) is 1. The minimum absolute atomic E-state index is 0.617. The number of rotatable bonds is 7. The van der Waals surface area contributed by atoms with E-state index in [9.17, 15) is 0 Å². The molecule has 1 aromatic rings. The largest absolute Gasteiger partial charge is 0.385 e. The summed E-state index contributed by atoms with van der Waals surface area (Å²) in [7, 11) is 3.87. The number of hydrogen-bond donors (Lipinski definition) is 1. The van der Waals surface area contributed by atoms with Gasteiger partial charge in [0.15, 0.2) is 0 Å². The Morgan fingerprint density at radius 2 is 2.21 bits per heavy atom. The summed E-state index contributed by atoms with van der Waals surface area (Å²) in [5.41, 5.74) is 3.17. The maximum atomic E-state index is 5.16. The first-order chi connectivity index (χ1) is 9.35. The van der Waals surface area contributed by atoms with Crippen LogP contribution < -0.4 is 5.32 Å². The summed E-state index contributed by atoms with van der Waals surface area (Å²) in [6.45, 7) is 0.874. The first-order valence-electron chi connectivity index (χ1n) is 7.59. The highest BCUT2D eigenvalue weighted by Gasteiger charge is 2.22. The average Bonchev–Trinajstić information content (AvgIpc) is 2.46. The molecule has 0 heterocycles. The summed E-state index contributed by atoms with van der Waals surface area (Å²) >= 11 is 0. The maximum absolute atomic E-state index is 5.16. The van der Waals surface area contributed by atoms with Crippen LogP contribution in [0.1, 0.15) is 49.1 Å². The van der Waals surface area contributed by atoms with E-state index in [0.29, 0.717) is 6.04 Å². The van der Waals surface area contributed by atoms with Crippen LogP contribution >= 0.6 is 0 Å². The minimum atomic E-state index is 0.617. The van der Waals surface area contributed by atoms with Gasteiger partial charge in [-0.1, -0.05) is 24.3 Å². The molecule has 2 rings (SSSR count). The third kappa shape index (κ3) is 4.05. The Bertz CT molecular complexity index is 377. The van der Waals surface area contributed by atoms with Crippen molar-refractivity contribution in [3.63, 3.8) is 0 Å². The van der Waals surface area contributed by atoms with Gasteiger partial charge in [0.05, 0.1) is 0 Å². The molecule has 2 atom stereocenters. The van der Waals surface area contributed by atoms with Crippen molar-refractivity contribution in [1.29, 1.82) is 0 Å². The van der Waals surface area contributed by atoms with Crippen molar-refractivity contribution in [1.82, 2.24) is 5.32 Å². The van der Waals surface area contributed by atoms with Crippen LogP contribution in [0.25, 0.3) is 0 Å². The van der Waals surface area contributed by atoms with Crippen LogP contribution in [-0.4, -0.2) is 26.8 Å². The van der Waals surface area contributed by atoms with Gasteiger partial charge in [0, 0.05) is 19.8 Å². The number of aryl methyl sites for hydroxylation is 1. The van der Waals surface area contributed by atoms with E-state index in [1.54, 1.807) is 18.2 Å². The second-order valence-corrected chi connectivity index (χ2v) is 5.64. The van der Waals surface area contributed by atoms with Gasteiger partial charge in [0.1, 0.15) is 0 Å². The summed E-state index contributed by atoms with van der Waals surface area (Å²) in [5.74, 6) is 0.741. The van der Waals surface area contributed by atoms with E-state index in [1.165, 1.54) is 32.1 Å². The van der Waals surface area contributed by atoms with E-state index in [2.05, 4.69) is 36.6 Å². The highest BCUT2D eigenvalue weighted by molar-refractivity contribution is 5.32. The van der Waals surface area contributed by atoms with Crippen molar-refractivity contribution in [2.45, 2.75) is 50.5 Å². The number of hydrogen-bond acceptors (Lipinski definition) is 2. The van der Waals surface area contributed by atoms with Crippen LogP contribution in [0.15, 0.2) is 24.3 Å². The monoisotopic (exact) mass is 261 g/mol. The standard InChI is InChI=1S/C17H27NO/c1-18-16(10-6-12-19-2)13-15-9-5-8-14-7-3-4-11-17(14)15/h3-4,7,11,15-16,18H,5-6,8-10,12-13H2,1-2H3. The Labute approximate surface area is 117 Å². The van der Waals surface area contributed by atoms with Crippen molar-refractivity contribution in [2.24, 2.45) is 0 Å². The molecule has 1 aliphatic carbocycles. The summed E-state index contributed by atoms with van der Waals surface area (Å²) < 4.78 is 5.16. The molecule has 1 aliphatic rings. The zero-order chi connectivity index (χ0) is 13.5. The van der Waals surface area contributed by atoms with E-state index < -0.39 is 0 Å². The predicted molar refractivity (Wildman–Crippen MR) is 80.7 cm³/mol. The van der Waals surface area contributed by atoms with Crippen molar-refractivity contribution in [3.8, 4) is 0 Å². The average molecular weight is 261 g/mol. The Morgan fingerprint density at radius 3 is 3.00 bits per heavy atom. The highest BCUT2D eigenvalue weighted by Crippen LogP contribution is 2.35. The van der Waals surface area contributed by atoms with Gasteiger partial charge in [-0.2, -0.15) is 0 Å². The lowest BCUT2D eigenvalue weighted by molar-refractivity contribution is 0.187. The minimum Gasteiger partial charge on any atom is -0.385 e. The molecule has 2 heteroatoms. The van der Waals surface area contributed by atoms with E-state index in [1.807, 2.05) is 0 Å². The maximum Gasteiger partial charge on any atom is 0.0462 e. The van der Waals surface area contributed by atoms with Gasteiger partial charge in [0.25, 0.3) is 0 Å². The molecule has 2 nitrogen and oxygen atoms in total. The summed E-state index contributed by atoms with van der Waals surface area (Å²) in [5, 5.41) is 3.48. The molecule has 2 unspecified atom stereocenters. The number of benzene rings is 1. The summed E-state index contributed by atoms with van der Waals surface area (Å²) in [6.07, 6.45) is 7.58. The number of fused-ring (bicyclic) bond motifs is 1. The molecule has 1 N–H and O–H groups in total.